The summed E-state index contributed by atoms with van der Waals surface area (Å²) in [4.78, 5) is 4.16. The largest absolute Gasteiger partial charge is 0.237 e. The Balaban J connectivity index is 2.59. The highest BCUT2D eigenvalue weighted by molar-refractivity contribution is 6.43. The molecule has 0 unspecified atom stereocenters. The summed E-state index contributed by atoms with van der Waals surface area (Å²) in [6.45, 7) is 0. The molecule has 1 aromatic heterocycles. The predicted octanol–water partition coefficient (Wildman–Crippen LogP) is 3.93. The van der Waals surface area contributed by atoms with E-state index >= 15 is 0 Å². The molecule has 0 amide bonds. The Kier molecular flexibility index (Phi) is 3.09. The lowest BCUT2D eigenvalue weighted by Gasteiger charge is -2.04. The molecule has 0 atom stereocenters. The molecule has 1 heterocycles. The fourth-order valence-electron chi connectivity index (χ4n) is 1.35. The van der Waals surface area contributed by atoms with Gasteiger partial charge in [0.05, 0.1) is 15.7 Å². The Bertz CT molecular complexity index is 573. The van der Waals surface area contributed by atoms with Crippen LogP contribution in [0.25, 0.3) is 11.3 Å². The van der Waals surface area contributed by atoms with E-state index in [0.29, 0.717) is 21.4 Å². The first-order valence-electron chi connectivity index (χ1n) is 4.54. The number of halogens is 2. The van der Waals surface area contributed by atoms with Crippen molar-refractivity contribution in [3.05, 3.63) is 52.1 Å². The van der Waals surface area contributed by atoms with Crippen LogP contribution >= 0.6 is 23.2 Å². The Morgan fingerprint density at radius 1 is 1.06 bits per heavy atom. The van der Waals surface area contributed by atoms with Gasteiger partial charge in [0.25, 0.3) is 0 Å². The lowest BCUT2D eigenvalue weighted by Crippen LogP contribution is -1.88. The first kappa shape index (κ1) is 10.9. The average Bonchev–Trinajstić information content (AvgIpc) is 2.33. The zero-order valence-corrected chi connectivity index (χ0v) is 9.63. The van der Waals surface area contributed by atoms with Crippen molar-refractivity contribution in [2.45, 2.75) is 0 Å². The third-order valence-corrected chi connectivity index (χ3v) is 2.91. The van der Waals surface area contributed by atoms with Gasteiger partial charge in [0.1, 0.15) is 11.8 Å². The third-order valence-electron chi connectivity index (χ3n) is 2.09. The van der Waals surface area contributed by atoms with E-state index in [1.165, 1.54) is 0 Å². The second-order valence-corrected chi connectivity index (χ2v) is 3.91. The van der Waals surface area contributed by atoms with Crippen LogP contribution < -0.4 is 0 Å². The number of nitrogens with zero attached hydrogens (tertiary/aromatic N) is 2. The van der Waals surface area contributed by atoms with Crippen molar-refractivity contribution < 1.29 is 0 Å². The molecule has 0 spiro atoms. The maximum Gasteiger partial charge on any atom is 0.141 e. The van der Waals surface area contributed by atoms with E-state index in [-0.39, 0.29) is 0 Å². The number of benzene rings is 1. The minimum absolute atomic E-state index is 0.355. The highest BCUT2D eigenvalue weighted by Gasteiger charge is 2.08. The van der Waals surface area contributed by atoms with Gasteiger partial charge in [-0.2, -0.15) is 5.26 Å². The molecule has 2 nitrogen and oxygen atoms in total. The molecule has 0 N–H and O–H groups in total. The molecule has 78 valence electrons. The molecule has 0 aliphatic rings. The van der Waals surface area contributed by atoms with Crippen LogP contribution in [0.5, 0.6) is 0 Å². The van der Waals surface area contributed by atoms with Crippen LogP contribution in [0.4, 0.5) is 0 Å². The molecule has 0 aliphatic carbocycles. The van der Waals surface area contributed by atoms with Gasteiger partial charge in [-0.15, -0.1) is 0 Å². The monoisotopic (exact) mass is 248 g/mol. The van der Waals surface area contributed by atoms with Crippen molar-refractivity contribution in [1.29, 1.82) is 5.26 Å². The van der Waals surface area contributed by atoms with Crippen molar-refractivity contribution in [2.24, 2.45) is 0 Å². The van der Waals surface area contributed by atoms with E-state index in [4.69, 9.17) is 28.5 Å². The van der Waals surface area contributed by atoms with E-state index < -0.39 is 0 Å². The molecule has 16 heavy (non-hydrogen) atoms. The van der Waals surface area contributed by atoms with E-state index in [1.54, 1.807) is 30.3 Å². The number of hydrogen-bond donors (Lipinski definition) is 0. The van der Waals surface area contributed by atoms with Crippen molar-refractivity contribution in [3.63, 3.8) is 0 Å². The molecule has 1 aromatic carbocycles. The van der Waals surface area contributed by atoms with Crippen LogP contribution in [0.15, 0.2) is 36.4 Å². The van der Waals surface area contributed by atoms with E-state index in [9.17, 15) is 0 Å². The Morgan fingerprint density at radius 2 is 1.81 bits per heavy atom. The molecule has 0 fully saturated rings. The average molecular weight is 249 g/mol. The third kappa shape index (κ3) is 2.01. The number of hydrogen-bond acceptors (Lipinski definition) is 2. The lowest BCUT2D eigenvalue weighted by atomic mass is 10.1. The minimum Gasteiger partial charge on any atom is -0.237 e. The SMILES string of the molecule is N#Cc1cccc(-c2cccc(Cl)c2Cl)n1. The van der Waals surface area contributed by atoms with E-state index in [2.05, 4.69) is 4.98 Å². The second kappa shape index (κ2) is 4.52. The summed E-state index contributed by atoms with van der Waals surface area (Å²) in [5.74, 6) is 0. The quantitative estimate of drug-likeness (QED) is 0.767. The highest BCUT2D eigenvalue weighted by Crippen LogP contribution is 2.32. The molecular weight excluding hydrogens is 243 g/mol. The van der Waals surface area contributed by atoms with Crippen LogP contribution in [0.3, 0.4) is 0 Å². The first-order chi connectivity index (χ1) is 7.72. The van der Waals surface area contributed by atoms with Gasteiger partial charge >= 0.3 is 0 Å². The Hall–Kier alpha value is -1.56. The number of aromatic nitrogens is 1. The topological polar surface area (TPSA) is 36.7 Å². The zero-order chi connectivity index (χ0) is 11.5. The van der Waals surface area contributed by atoms with E-state index in [0.717, 1.165) is 5.56 Å². The summed E-state index contributed by atoms with van der Waals surface area (Å²) in [7, 11) is 0. The molecule has 0 aliphatic heterocycles. The van der Waals surface area contributed by atoms with Crippen LogP contribution in [0.1, 0.15) is 5.69 Å². The summed E-state index contributed by atoms with van der Waals surface area (Å²) in [5.41, 5.74) is 1.73. The summed E-state index contributed by atoms with van der Waals surface area (Å²) in [6.07, 6.45) is 0. The Labute approximate surface area is 103 Å². The maximum absolute atomic E-state index is 8.76. The molecule has 0 saturated carbocycles. The van der Waals surface area contributed by atoms with Gasteiger partial charge in [0.2, 0.25) is 0 Å². The van der Waals surface area contributed by atoms with E-state index in [1.807, 2.05) is 12.1 Å². The maximum atomic E-state index is 8.76. The van der Waals surface area contributed by atoms with Crippen molar-refractivity contribution in [2.75, 3.05) is 0 Å². The molecule has 2 rings (SSSR count). The predicted molar refractivity (Wildman–Crippen MR) is 64.4 cm³/mol. The first-order valence-corrected chi connectivity index (χ1v) is 5.29. The van der Waals surface area contributed by atoms with Crippen molar-refractivity contribution in [1.82, 2.24) is 4.98 Å². The molecule has 0 radical (unpaired) electrons. The summed E-state index contributed by atoms with van der Waals surface area (Å²) >= 11 is 12.0. The molecule has 4 heteroatoms. The van der Waals surface area contributed by atoms with Crippen molar-refractivity contribution in [3.8, 4) is 17.3 Å². The normalized spacial score (nSPS) is 9.81. The van der Waals surface area contributed by atoms with Gasteiger partial charge in [-0.3, -0.25) is 0 Å². The summed E-state index contributed by atoms with van der Waals surface area (Å²) in [5, 5.41) is 9.69. The number of nitriles is 1. The molecule has 2 aromatic rings. The fourth-order valence-corrected chi connectivity index (χ4v) is 1.75. The lowest BCUT2D eigenvalue weighted by molar-refractivity contribution is 1.27. The zero-order valence-electron chi connectivity index (χ0n) is 8.11. The number of pyridine rings is 1. The molecule has 0 saturated heterocycles. The second-order valence-electron chi connectivity index (χ2n) is 3.12. The molecule has 0 bridgehead atoms. The molecular formula is C12H6Cl2N2. The minimum atomic E-state index is 0.355. The number of rotatable bonds is 1. The standard InChI is InChI=1S/C12H6Cl2N2/c13-10-5-2-4-9(12(10)14)11-6-1-3-8(7-15)16-11/h1-6H. The van der Waals surface area contributed by atoms with Crippen LogP contribution in [0.2, 0.25) is 10.0 Å². The smallest absolute Gasteiger partial charge is 0.141 e. The van der Waals surface area contributed by atoms with Gasteiger partial charge in [-0.05, 0) is 18.2 Å². The fraction of sp³-hybridized carbons (Fsp3) is 0. The van der Waals surface area contributed by atoms with Gasteiger partial charge < -0.3 is 0 Å². The van der Waals surface area contributed by atoms with Gasteiger partial charge in [-0.1, -0.05) is 41.4 Å². The summed E-state index contributed by atoms with van der Waals surface area (Å²) in [6, 6.07) is 12.5. The van der Waals surface area contributed by atoms with Crippen LogP contribution in [-0.4, -0.2) is 4.98 Å². The van der Waals surface area contributed by atoms with Gasteiger partial charge in [0, 0.05) is 5.56 Å². The van der Waals surface area contributed by atoms with Gasteiger partial charge in [0.15, 0.2) is 0 Å². The Morgan fingerprint density at radius 3 is 2.56 bits per heavy atom. The van der Waals surface area contributed by atoms with Crippen molar-refractivity contribution >= 4 is 23.2 Å². The van der Waals surface area contributed by atoms with Gasteiger partial charge in [-0.25, -0.2) is 4.98 Å². The highest BCUT2D eigenvalue weighted by atomic mass is 35.5. The summed E-state index contributed by atoms with van der Waals surface area (Å²) < 4.78 is 0. The van der Waals surface area contributed by atoms with Crippen LogP contribution in [0, 0.1) is 11.3 Å². The van der Waals surface area contributed by atoms with Crippen LogP contribution in [-0.2, 0) is 0 Å².